The van der Waals surface area contributed by atoms with E-state index in [1.165, 1.54) is 17.3 Å². The van der Waals surface area contributed by atoms with Crippen molar-refractivity contribution in [2.75, 3.05) is 6.61 Å². The summed E-state index contributed by atoms with van der Waals surface area (Å²) in [7, 11) is 0. The topological polar surface area (TPSA) is 74.6 Å². The quantitative estimate of drug-likeness (QED) is 0.674. The first-order chi connectivity index (χ1) is 13.6. The van der Waals surface area contributed by atoms with Crippen LogP contribution < -0.4 is 0 Å². The number of thioether (sulfide) groups is 1. The van der Waals surface area contributed by atoms with Crippen LogP contribution in [0.1, 0.15) is 65.7 Å². The van der Waals surface area contributed by atoms with Gasteiger partial charge in [0.1, 0.15) is 0 Å². The van der Waals surface area contributed by atoms with Gasteiger partial charge in [0.05, 0.1) is 5.60 Å². The molecule has 4 rings (SSSR count). The molecule has 2 N–H and O–H groups in total. The van der Waals surface area contributed by atoms with Crippen molar-refractivity contribution in [2.24, 2.45) is 28.6 Å². The molecule has 29 heavy (non-hydrogen) atoms. The van der Waals surface area contributed by atoms with Crippen LogP contribution in [0.4, 0.5) is 0 Å². The lowest BCUT2D eigenvalue weighted by molar-refractivity contribution is -0.123. The van der Waals surface area contributed by atoms with Gasteiger partial charge in [-0.05, 0) is 67.8 Å². The molecule has 5 heteroatoms. The van der Waals surface area contributed by atoms with Crippen LogP contribution in [0.5, 0.6) is 0 Å². The Morgan fingerprint density at radius 1 is 1.31 bits per heavy atom. The zero-order chi connectivity index (χ0) is 21.0. The molecule has 4 aliphatic carbocycles. The molecular weight excluding hydrogens is 384 g/mol. The first-order valence-corrected chi connectivity index (χ1v) is 12.0. The number of fused-ring (bicyclic) bond motifs is 5. The van der Waals surface area contributed by atoms with Crippen LogP contribution >= 0.6 is 11.8 Å². The summed E-state index contributed by atoms with van der Waals surface area (Å²) in [5, 5.41) is 21.1. The molecular formula is C24H34O4S. The molecule has 160 valence electrons. The first-order valence-electron chi connectivity index (χ1n) is 11.1. The van der Waals surface area contributed by atoms with E-state index < -0.39 is 5.60 Å². The minimum atomic E-state index is -0.893. The maximum Gasteiger partial charge on any atom is 0.186 e. The first kappa shape index (κ1) is 21.3. The zero-order valence-corrected chi connectivity index (χ0v) is 18.6. The Labute approximate surface area is 178 Å². The van der Waals surface area contributed by atoms with Crippen LogP contribution in [-0.2, 0) is 9.59 Å². The number of carbonyl (C=O) groups excluding carboxylic acids is 2. The molecule has 0 aromatic heterocycles. The third kappa shape index (κ3) is 3.19. The van der Waals surface area contributed by atoms with Gasteiger partial charge in [-0.15, -0.1) is 0 Å². The number of hydrogen-bond acceptors (Lipinski definition) is 5. The van der Waals surface area contributed by atoms with E-state index in [-0.39, 0.29) is 39.5 Å². The SMILES string of the molecule is CC(=O)S[C@@H]1CC2=CC(=O)CC[C@]2(C)[C@H]2CC[C@@]3(C)[C@@H](C=C[C@@]3(O)CCCO)[C@H]12. The normalized spacial score (nSPS) is 46.0. The van der Waals surface area contributed by atoms with Crippen molar-refractivity contribution in [1.82, 2.24) is 0 Å². The van der Waals surface area contributed by atoms with Crippen LogP contribution in [0.15, 0.2) is 23.8 Å². The Kier molecular flexibility index (Phi) is 5.40. The highest BCUT2D eigenvalue weighted by Crippen LogP contribution is 2.67. The van der Waals surface area contributed by atoms with Crippen LogP contribution in [0.3, 0.4) is 0 Å². The molecule has 0 bridgehead atoms. The summed E-state index contributed by atoms with van der Waals surface area (Å²) in [6, 6.07) is 0. The second-order valence-electron chi connectivity index (χ2n) is 10.2. The fourth-order valence-corrected chi connectivity index (χ4v) is 8.32. The average Bonchev–Trinajstić information content (AvgIpc) is 2.92. The van der Waals surface area contributed by atoms with Crippen molar-refractivity contribution in [3.05, 3.63) is 23.8 Å². The molecule has 0 heterocycles. The van der Waals surface area contributed by atoms with E-state index >= 15 is 0 Å². The van der Waals surface area contributed by atoms with E-state index in [0.29, 0.717) is 31.1 Å². The van der Waals surface area contributed by atoms with E-state index in [1.807, 2.05) is 12.2 Å². The van der Waals surface area contributed by atoms with Crippen molar-refractivity contribution < 1.29 is 19.8 Å². The van der Waals surface area contributed by atoms with Gasteiger partial charge in [-0.3, -0.25) is 9.59 Å². The smallest absolute Gasteiger partial charge is 0.186 e. The fraction of sp³-hybridized carbons (Fsp3) is 0.750. The molecule has 4 aliphatic rings. The summed E-state index contributed by atoms with van der Waals surface area (Å²) in [4.78, 5) is 24.3. The second-order valence-corrected chi connectivity index (χ2v) is 11.6. The van der Waals surface area contributed by atoms with Crippen LogP contribution in [-0.4, -0.2) is 38.6 Å². The lowest BCUT2D eigenvalue weighted by Crippen LogP contribution is -2.58. The van der Waals surface area contributed by atoms with E-state index in [1.54, 1.807) is 6.92 Å². The number of rotatable bonds is 4. The maximum absolute atomic E-state index is 12.2. The van der Waals surface area contributed by atoms with Crippen LogP contribution in [0.2, 0.25) is 0 Å². The van der Waals surface area contributed by atoms with Gasteiger partial charge >= 0.3 is 0 Å². The lowest BCUT2D eigenvalue weighted by atomic mass is 9.46. The molecule has 2 fully saturated rings. The summed E-state index contributed by atoms with van der Waals surface area (Å²) in [6.07, 6.45) is 11.5. The minimum Gasteiger partial charge on any atom is -0.396 e. The van der Waals surface area contributed by atoms with E-state index in [9.17, 15) is 19.8 Å². The highest BCUT2D eigenvalue weighted by molar-refractivity contribution is 8.14. The summed E-state index contributed by atoms with van der Waals surface area (Å²) in [5.41, 5.74) is 0.111. The summed E-state index contributed by atoms with van der Waals surface area (Å²) in [6.45, 7) is 6.26. The van der Waals surface area contributed by atoms with E-state index in [2.05, 4.69) is 19.9 Å². The Hall–Kier alpha value is -0.910. The van der Waals surface area contributed by atoms with Crippen molar-refractivity contribution in [2.45, 2.75) is 76.6 Å². The van der Waals surface area contributed by atoms with Gasteiger partial charge < -0.3 is 10.2 Å². The number of ketones is 1. The molecule has 0 spiro atoms. The maximum atomic E-state index is 12.2. The molecule has 0 aliphatic heterocycles. The highest BCUT2D eigenvalue weighted by atomic mass is 32.2. The molecule has 0 aromatic rings. The molecule has 4 nitrogen and oxygen atoms in total. The van der Waals surface area contributed by atoms with Gasteiger partial charge in [0, 0.05) is 30.6 Å². The molecule has 7 atom stereocenters. The number of aliphatic hydroxyl groups is 2. The largest absolute Gasteiger partial charge is 0.396 e. The molecule has 0 amide bonds. The van der Waals surface area contributed by atoms with Crippen molar-refractivity contribution in [3.8, 4) is 0 Å². The van der Waals surface area contributed by atoms with Gasteiger partial charge in [0.15, 0.2) is 10.9 Å². The molecule has 0 radical (unpaired) electrons. The standard InChI is InChI=1S/C24H34O4S/c1-15(26)29-20-14-16-13-17(27)5-9-22(16,2)18-6-10-23(3)19(21(18)20)7-11-24(23,28)8-4-12-25/h7,11,13,18-21,25,28H,4-6,8-10,12,14H2,1-3H3/t18-,19-,20+,21+,22-,23-,24-/m0/s1. The number of carbonyl (C=O) groups is 2. The third-order valence-corrected chi connectivity index (χ3v) is 9.94. The Bertz CT molecular complexity index is 773. The minimum absolute atomic E-state index is 0.0212. The van der Waals surface area contributed by atoms with Gasteiger partial charge in [-0.1, -0.05) is 43.3 Å². The summed E-state index contributed by atoms with van der Waals surface area (Å²) < 4.78 is 0. The molecule has 0 saturated heterocycles. The van der Waals surface area contributed by atoms with Crippen LogP contribution in [0.25, 0.3) is 0 Å². The predicted octanol–water partition coefficient (Wildman–Crippen LogP) is 4.06. The number of hydrogen-bond donors (Lipinski definition) is 2. The monoisotopic (exact) mass is 418 g/mol. The average molecular weight is 419 g/mol. The van der Waals surface area contributed by atoms with E-state index in [0.717, 1.165) is 25.7 Å². The van der Waals surface area contributed by atoms with Gasteiger partial charge in [-0.2, -0.15) is 0 Å². The molecule has 2 saturated carbocycles. The fourth-order valence-electron chi connectivity index (χ4n) is 7.12. The summed E-state index contributed by atoms with van der Waals surface area (Å²) >= 11 is 1.44. The Morgan fingerprint density at radius 3 is 2.76 bits per heavy atom. The third-order valence-electron chi connectivity index (χ3n) is 8.82. The number of allylic oxidation sites excluding steroid dienone is 3. The Morgan fingerprint density at radius 2 is 2.07 bits per heavy atom. The summed E-state index contributed by atoms with van der Waals surface area (Å²) in [5.74, 6) is 1.19. The number of aliphatic hydroxyl groups excluding tert-OH is 1. The highest BCUT2D eigenvalue weighted by Gasteiger charge is 2.63. The van der Waals surface area contributed by atoms with Crippen molar-refractivity contribution in [3.63, 3.8) is 0 Å². The lowest BCUT2D eigenvalue weighted by Gasteiger charge is -2.61. The Balaban J connectivity index is 1.73. The molecule has 0 unspecified atom stereocenters. The van der Waals surface area contributed by atoms with Crippen molar-refractivity contribution in [1.29, 1.82) is 0 Å². The van der Waals surface area contributed by atoms with Gasteiger partial charge in [0.2, 0.25) is 0 Å². The van der Waals surface area contributed by atoms with Gasteiger partial charge in [0.25, 0.3) is 0 Å². The van der Waals surface area contributed by atoms with Crippen LogP contribution in [0, 0.1) is 28.6 Å². The van der Waals surface area contributed by atoms with Crippen molar-refractivity contribution >= 4 is 22.7 Å². The second kappa shape index (κ2) is 7.35. The van der Waals surface area contributed by atoms with E-state index in [4.69, 9.17) is 0 Å². The molecule has 0 aromatic carbocycles. The van der Waals surface area contributed by atoms with Gasteiger partial charge in [-0.25, -0.2) is 0 Å². The zero-order valence-electron chi connectivity index (χ0n) is 17.8. The predicted molar refractivity (Wildman–Crippen MR) is 115 cm³/mol.